The first kappa shape index (κ1) is 16.9. The van der Waals surface area contributed by atoms with Gasteiger partial charge in [0.2, 0.25) is 12.0 Å². The van der Waals surface area contributed by atoms with Crippen molar-refractivity contribution in [1.29, 1.82) is 0 Å². The van der Waals surface area contributed by atoms with E-state index in [0.29, 0.717) is 22.6 Å². The summed E-state index contributed by atoms with van der Waals surface area (Å²) in [6.45, 7) is 0.0668. The zero-order valence-electron chi connectivity index (χ0n) is 14.2. The molecular weight excluding hydrogens is 356 g/mol. The van der Waals surface area contributed by atoms with Gasteiger partial charge in [-0.15, -0.1) is 10.2 Å². The number of carbonyl (C=O) groups is 2. The van der Waals surface area contributed by atoms with Crippen molar-refractivity contribution in [3.8, 4) is 11.5 Å². The predicted molar refractivity (Wildman–Crippen MR) is 93.2 cm³/mol. The van der Waals surface area contributed by atoms with Gasteiger partial charge in [-0.3, -0.25) is 14.9 Å². The minimum Gasteiger partial charge on any atom is -0.485 e. The van der Waals surface area contributed by atoms with Crippen LogP contribution in [0.25, 0.3) is 0 Å². The number of rotatable bonds is 5. The second-order valence-corrected chi connectivity index (χ2v) is 7.18. The van der Waals surface area contributed by atoms with E-state index in [9.17, 15) is 9.59 Å². The van der Waals surface area contributed by atoms with E-state index in [2.05, 4.69) is 15.5 Å². The minimum absolute atomic E-state index is 0.0668. The van der Waals surface area contributed by atoms with E-state index < -0.39 is 17.9 Å². The molecule has 0 spiro atoms. The number of benzene rings is 1. The Morgan fingerprint density at radius 2 is 2.04 bits per heavy atom. The lowest BCUT2D eigenvalue weighted by Crippen LogP contribution is -2.46. The third kappa shape index (κ3) is 3.52. The van der Waals surface area contributed by atoms with E-state index >= 15 is 0 Å². The molecule has 1 N–H and O–H groups in total. The van der Waals surface area contributed by atoms with Crippen LogP contribution in [0.3, 0.4) is 0 Å². The largest absolute Gasteiger partial charge is 0.485 e. The number of nitrogens with zero attached hydrogens (tertiary/aromatic N) is 3. The number of ether oxygens (including phenoxy) is 2. The van der Waals surface area contributed by atoms with Crippen molar-refractivity contribution < 1.29 is 19.1 Å². The zero-order chi connectivity index (χ0) is 18.1. The number of imide groups is 1. The van der Waals surface area contributed by atoms with Crippen molar-refractivity contribution in [2.75, 3.05) is 12.4 Å². The van der Waals surface area contributed by atoms with Gasteiger partial charge in [-0.25, -0.2) is 0 Å². The number of hydrogen-bond donors (Lipinski definition) is 1. The molecule has 1 fully saturated rings. The monoisotopic (exact) mass is 374 g/mol. The summed E-state index contributed by atoms with van der Waals surface area (Å²) in [4.78, 5) is 24.3. The molecule has 1 atom stereocenters. The fourth-order valence-electron chi connectivity index (χ4n) is 2.68. The first-order chi connectivity index (χ1) is 12.6. The fraction of sp³-hybridized carbons (Fsp3) is 0.412. The van der Waals surface area contributed by atoms with Gasteiger partial charge < -0.3 is 14.0 Å². The van der Waals surface area contributed by atoms with Crippen LogP contribution >= 0.6 is 11.8 Å². The summed E-state index contributed by atoms with van der Waals surface area (Å²) < 4.78 is 13.0. The van der Waals surface area contributed by atoms with Gasteiger partial charge in [0.1, 0.15) is 12.4 Å². The van der Waals surface area contributed by atoms with E-state index in [-0.39, 0.29) is 12.4 Å². The van der Waals surface area contributed by atoms with E-state index in [0.717, 1.165) is 18.7 Å². The first-order valence-electron chi connectivity index (χ1n) is 8.36. The summed E-state index contributed by atoms with van der Waals surface area (Å²) in [6, 6.07) is 7.10. The molecule has 9 heteroatoms. The highest BCUT2D eigenvalue weighted by molar-refractivity contribution is 7.99. The van der Waals surface area contributed by atoms with Gasteiger partial charge in [0.05, 0.1) is 5.75 Å². The summed E-state index contributed by atoms with van der Waals surface area (Å²) in [7, 11) is 1.89. The Labute approximate surface area is 154 Å². The molecule has 26 heavy (non-hydrogen) atoms. The minimum atomic E-state index is -0.852. The molecule has 1 saturated carbocycles. The summed E-state index contributed by atoms with van der Waals surface area (Å²) in [6.07, 6.45) is 1.42. The molecule has 1 aliphatic carbocycles. The lowest BCUT2D eigenvalue weighted by Gasteiger charge is -2.25. The van der Waals surface area contributed by atoms with Crippen LogP contribution in [0.1, 0.15) is 24.6 Å². The molecule has 2 amide bonds. The molecule has 0 radical (unpaired) electrons. The Bertz CT molecular complexity index is 849. The number of aromatic nitrogens is 3. The molecule has 1 aromatic heterocycles. The fourth-order valence-corrected chi connectivity index (χ4v) is 3.40. The maximum Gasteiger partial charge on any atom is 0.271 e. The third-order valence-corrected chi connectivity index (χ3v) is 5.23. The molecule has 0 bridgehead atoms. The van der Waals surface area contributed by atoms with Gasteiger partial charge >= 0.3 is 0 Å². The molecule has 2 heterocycles. The highest BCUT2D eigenvalue weighted by Gasteiger charge is 2.30. The summed E-state index contributed by atoms with van der Waals surface area (Å²) in [5.74, 6) is 1.69. The molecule has 2 aromatic rings. The molecule has 0 unspecified atom stereocenters. The number of fused-ring (bicyclic) bond motifs is 1. The van der Waals surface area contributed by atoms with Crippen molar-refractivity contribution >= 4 is 23.6 Å². The van der Waals surface area contributed by atoms with Gasteiger partial charge in [0, 0.05) is 13.0 Å². The average molecular weight is 374 g/mol. The first-order valence-corrected chi connectivity index (χ1v) is 9.34. The van der Waals surface area contributed by atoms with Crippen LogP contribution in [0, 0.1) is 0 Å². The number of hydrogen-bond acceptors (Lipinski definition) is 7. The van der Waals surface area contributed by atoms with Crippen LogP contribution in [0.15, 0.2) is 29.4 Å². The maximum absolute atomic E-state index is 12.2. The normalized spacial score (nSPS) is 18.4. The van der Waals surface area contributed by atoms with E-state index in [1.54, 1.807) is 18.2 Å². The van der Waals surface area contributed by atoms with E-state index in [1.807, 2.05) is 17.7 Å². The van der Waals surface area contributed by atoms with E-state index in [4.69, 9.17) is 9.47 Å². The molecule has 2 aliphatic rings. The van der Waals surface area contributed by atoms with Crippen LogP contribution in [-0.2, 0) is 16.6 Å². The molecule has 0 saturated heterocycles. The third-order valence-electron chi connectivity index (χ3n) is 4.21. The van der Waals surface area contributed by atoms with Gasteiger partial charge in [0.15, 0.2) is 16.7 Å². The number of carbonyl (C=O) groups excluding carboxylic acids is 2. The Balaban J connectivity index is 1.29. The maximum atomic E-state index is 12.2. The molecule has 4 rings (SSSR count). The Hall–Kier alpha value is -2.55. The van der Waals surface area contributed by atoms with Gasteiger partial charge in [-0.2, -0.15) is 0 Å². The molecular formula is C17H18N4O4S. The lowest BCUT2D eigenvalue weighted by atomic mass is 10.2. The number of amides is 2. The lowest BCUT2D eigenvalue weighted by molar-refractivity contribution is -0.135. The SMILES string of the molecule is Cn1c(SCC(=O)NC(=O)[C@@H]2COc3ccccc3O2)nnc1C1CC1. The van der Waals surface area contributed by atoms with Crippen LogP contribution in [0.5, 0.6) is 11.5 Å². The predicted octanol–water partition coefficient (Wildman–Crippen LogP) is 1.27. The molecule has 136 valence electrons. The van der Waals surface area contributed by atoms with Gasteiger partial charge in [0.25, 0.3) is 5.91 Å². The Morgan fingerprint density at radius 1 is 1.27 bits per heavy atom. The Morgan fingerprint density at radius 3 is 2.81 bits per heavy atom. The topological polar surface area (TPSA) is 95.3 Å². The average Bonchev–Trinajstić information content (AvgIpc) is 3.43. The standard InChI is InChI=1S/C17H18N4O4S/c1-21-15(10-6-7-10)19-20-17(21)26-9-14(22)18-16(23)13-8-24-11-4-2-3-5-12(11)25-13/h2-5,10,13H,6-9H2,1H3,(H,18,22,23)/t13-/m0/s1. The summed E-state index contributed by atoms with van der Waals surface area (Å²) in [5, 5.41) is 11.3. The van der Waals surface area contributed by atoms with Crippen LogP contribution in [-0.4, -0.2) is 45.0 Å². The quantitative estimate of drug-likeness (QED) is 0.788. The van der Waals surface area contributed by atoms with Crippen molar-refractivity contribution in [2.24, 2.45) is 7.05 Å². The second kappa shape index (κ2) is 6.99. The number of thioether (sulfide) groups is 1. The van der Waals surface area contributed by atoms with Gasteiger partial charge in [-0.05, 0) is 25.0 Å². The zero-order valence-corrected chi connectivity index (χ0v) is 15.0. The van der Waals surface area contributed by atoms with E-state index in [1.165, 1.54) is 11.8 Å². The van der Waals surface area contributed by atoms with Crippen molar-refractivity contribution in [3.63, 3.8) is 0 Å². The highest BCUT2D eigenvalue weighted by atomic mass is 32.2. The Kier molecular flexibility index (Phi) is 4.54. The van der Waals surface area contributed by atoms with Crippen LogP contribution < -0.4 is 14.8 Å². The smallest absolute Gasteiger partial charge is 0.271 e. The van der Waals surface area contributed by atoms with Gasteiger partial charge in [-0.1, -0.05) is 23.9 Å². The second-order valence-electron chi connectivity index (χ2n) is 6.24. The summed E-state index contributed by atoms with van der Waals surface area (Å²) >= 11 is 1.25. The van der Waals surface area contributed by atoms with Crippen molar-refractivity contribution in [2.45, 2.75) is 30.0 Å². The van der Waals surface area contributed by atoms with Crippen molar-refractivity contribution in [1.82, 2.24) is 20.1 Å². The van der Waals surface area contributed by atoms with Crippen molar-refractivity contribution in [3.05, 3.63) is 30.1 Å². The number of nitrogens with one attached hydrogen (secondary N) is 1. The van der Waals surface area contributed by atoms with Crippen LogP contribution in [0.4, 0.5) is 0 Å². The van der Waals surface area contributed by atoms with Crippen LogP contribution in [0.2, 0.25) is 0 Å². The summed E-state index contributed by atoms with van der Waals surface area (Å²) in [5.41, 5.74) is 0. The molecule has 8 nitrogen and oxygen atoms in total. The molecule has 1 aliphatic heterocycles. The molecule has 1 aromatic carbocycles. The highest BCUT2D eigenvalue weighted by Crippen LogP contribution is 2.39. The number of para-hydroxylation sites is 2.